The van der Waals surface area contributed by atoms with Crippen LogP contribution in [0.25, 0.3) is 16.6 Å². The summed E-state index contributed by atoms with van der Waals surface area (Å²) in [5.74, 6) is -0.615. The Morgan fingerprint density at radius 1 is 1.00 bits per heavy atom. The molecule has 0 atom stereocenters. The minimum absolute atomic E-state index is 0.215. The maximum Gasteiger partial charge on any atom is 0.252 e. The number of aromatic nitrogens is 2. The summed E-state index contributed by atoms with van der Waals surface area (Å²) in [5, 5.41) is 7.92. The van der Waals surface area contributed by atoms with Gasteiger partial charge in [0.1, 0.15) is 5.82 Å². The molecule has 0 aliphatic carbocycles. The van der Waals surface area contributed by atoms with Crippen LogP contribution in [0.2, 0.25) is 0 Å². The smallest absolute Gasteiger partial charge is 0.252 e. The number of halogens is 1. The standard InChI is InChI=1S/C25H23FN4O4S/c26-19-6-8-20(9-7-19)30-24-3-1-2-22(23(24)17-28-30)25(31)27-16-18-4-10-21(11-5-18)35(32,33)29-12-14-34-15-13-29/h1-11,17H,12-16H2,(H,27,31). The van der Waals surface area contributed by atoms with Gasteiger partial charge in [0.25, 0.3) is 5.91 Å². The first kappa shape index (κ1) is 23.2. The van der Waals surface area contributed by atoms with Gasteiger partial charge in [-0.1, -0.05) is 18.2 Å². The van der Waals surface area contributed by atoms with E-state index in [2.05, 4.69) is 10.4 Å². The van der Waals surface area contributed by atoms with Gasteiger partial charge in [-0.05, 0) is 54.1 Å². The fourth-order valence-electron chi connectivity index (χ4n) is 4.03. The third-order valence-electron chi connectivity index (χ3n) is 5.91. The van der Waals surface area contributed by atoms with Crippen molar-refractivity contribution in [2.75, 3.05) is 26.3 Å². The molecule has 8 nitrogen and oxygen atoms in total. The molecule has 1 fully saturated rings. The van der Waals surface area contributed by atoms with Crippen molar-refractivity contribution in [1.82, 2.24) is 19.4 Å². The van der Waals surface area contributed by atoms with Crippen molar-refractivity contribution in [1.29, 1.82) is 0 Å². The molecule has 180 valence electrons. The van der Waals surface area contributed by atoms with Gasteiger partial charge in [-0.25, -0.2) is 17.5 Å². The van der Waals surface area contributed by atoms with Gasteiger partial charge in [0, 0.05) is 25.0 Å². The Balaban J connectivity index is 1.30. The SMILES string of the molecule is O=C(NCc1ccc(S(=O)(=O)N2CCOCC2)cc1)c1cccc2c1cnn2-c1ccc(F)cc1. The number of nitrogens with zero attached hydrogens (tertiary/aromatic N) is 3. The molecule has 1 N–H and O–H groups in total. The highest BCUT2D eigenvalue weighted by Gasteiger charge is 2.26. The summed E-state index contributed by atoms with van der Waals surface area (Å²) in [6, 6.07) is 17.8. The maximum atomic E-state index is 13.3. The van der Waals surface area contributed by atoms with Crippen molar-refractivity contribution in [3.05, 3.63) is 89.9 Å². The number of sulfonamides is 1. The number of hydrogen-bond acceptors (Lipinski definition) is 5. The third-order valence-corrected chi connectivity index (χ3v) is 7.83. The van der Waals surface area contributed by atoms with Crippen LogP contribution in [0.3, 0.4) is 0 Å². The highest BCUT2D eigenvalue weighted by molar-refractivity contribution is 7.89. The molecule has 10 heteroatoms. The summed E-state index contributed by atoms with van der Waals surface area (Å²) in [5.41, 5.74) is 2.64. The largest absolute Gasteiger partial charge is 0.379 e. The van der Waals surface area contributed by atoms with Gasteiger partial charge in [0.2, 0.25) is 10.0 Å². The molecule has 1 aliphatic heterocycles. The van der Waals surface area contributed by atoms with Crippen LogP contribution < -0.4 is 5.32 Å². The van der Waals surface area contributed by atoms with Gasteiger partial charge in [-0.15, -0.1) is 0 Å². The highest BCUT2D eigenvalue weighted by atomic mass is 32.2. The second kappa shape index (κ2) is 9.57. The van der Waals surface area contributed by atoms with Crippen LogP contribution in [0, 0.1) is 5.82 Å². The minimum atomic E-state index is -3.56. The monoisotopic (exact) mass is 494 g/mol. The Kier molecular flexibility index (Phi) is 6.33. The van der Waals surface area contributed by atoms with Gasteiger partial charge in [0.15, 0.2) is 0 Å². The normalized spacial score (nSPS) is 14.8. The number of carbonyl (C=O) groups is 1. The quantitative estimate of drug-likeness (QED) is 0.445. The lowest BCUT2D eigenvalue weighted by Gasteiger charge is -2.26. The lowest BCUT2D eigenvalue weighted by atomic mass is 10.1. The Hall–Kier alpha value is -3.60. The second-order valence-electron chi connectivity index (χ2n) is 8.11. The second-order valence-corrected chi connectivity index (χ2v) is 10.1. The number of rotatable bonds is 6. The first-order valence-electron chi connectivity index (χ1n) is 11.1. The average molecular weight is 495 g/mol. The molecule has 0 bridgehead atoms. The molecule has 35 heavy (non-hydrogen) atoms. The van der Waals surface area contributed by atoms with Crippen LogP contribution in [0.1, 0.15) is 15.9 Å². The van der Waals surface area contributed by atoms with Gasteiger partial charge >= 0.3 is 0 Å². The van der Waals surface area contributed by atoms with Crippen molar-refractivity contribution >= 4 is 26.8 Å². The van der Waals surface area contributed by atoms with E-state index in [-0.39, 0.29) is 23.2 Å². The molecule has 1 aromatic heterocycles. The van der Waals surface area contributed by atoms with Crippen LogP contribution >= 0.6 is 0 Å². The third kappa shape index (κ3) is 4.68. The van der Waals surface area contributed by atoms with Crippen molar-refractivity contribution in [3.8, 4) is 5.69 Å². The summed E-state index contributed by atoms with van der Waals surface area (Å²) in [6.45, 7) is 1.68. The average Bonchev–Trinajstić information content (AvgIpc) is 3.33. The maximum absolute atomic E-state index is 13.3. The van der Waals surface area contributed by atoms with E-state index in [1.807, 2.05) is 6.07 Å². The van der Waals surface area contributed by atoms with E-state index >= 15 is 0 Å². The van der Waals surface area contributed by atoms with Crippen LogP contribution in [0.15, 0.2) is 77.8 Å². The van der Waals surface area contributed by atoms with Crippen LogP contribution in [0.5, 0.6) is 0 Å². The number of hydrogen-bond donors (Lipinski definition) is 1. The van der Waals surface area contributed by atoms with Crippen LogP contribution in [0.4, 0.5) is 4.39 Å². The van der Waals surface area contributed by atoms with Crippen molar-refractivity contribution < 1.29 is 22.3 Å². The Morgan fingerprint density at radius 3 is 2.43 bits per heavy atom. The number of ether oxygens (including phenoxy) is 1. The summed E-state index contributed by atoms with van der Waals surface area (Å²) in [7, 11) is -3.56. The van der Waals surface area contributed by atoms with E-state index in [9.17, 15) is 17.6 Å². The lowest BCUT2D eigenvalue weighted by molar-refractivity contribution is 0.0730. The molecular formula is C25H23FN4O4S. The Morgan fingerprint density at radius 2 is 1.71 bits per heavy atom. The van der Waals surface area contributed by atoms with E-state index in [0.717, 1.165) is 11.1 Å². The Labute approximate surface area is 202 Å². The van der Waals surface area contributed by atoms with E-state index in [1.54, 1.807) is 59.4 Å². The zero-order valence-electron chi connectivity index (χ0n) is 18.7. The first-order chi connectivity index (χ1) is 16.9. The van der Waals surface area contributed by atoms with Crippen molar-refractivity contribution in [2.24, 2.45) is 0 Å². The molecule has 3 aromatic carbocycles. The molecule has 2 heterocycles. The fourth-order valence-corrected chi connectivity index (χ4v) is 5.44. The predicted octanol–water partition coefficient (Wildman–Crippen LogP) is 3.12. The van der Waals surface area contributed by atoms with Crippen molar-refractivity contribution in [3.63, 3.8) is 0 Å². The van der Waals surface area contributed by atoms with E-state index < -0.39 is 10.0 Å². The molecule has 0 radical (unpaired) electrons. The lowest BCUT2D eigenvalue weighted by Crippen LogP contribution is -2.40. The number of benzene rings is 3. The topological polar surface area (TPSA) is 93.5 Å². The summed E-state index contributed by atoms with van der Waals surface area (Å²) in [6.07, 6.45) is 1.61. The number of amides is 1. The molecule has 0 spiro atoms. The Bertz CT molecular complexity index is 1460. The van der Waals surface area contributed by atoms with E-state index in [4.69, 9.17) is 4.74 Å². The van der Waals surface area contributed by atoms with Crippen molar-refractivity contribution in [2.45, 2.75) is 11.4 Å². The fraction of sp³-hybridized carbons (Fsp3) is 0.200. The van der Waals surface area contributed by atoms with Gasteiger partial charge in [0.05, 0.1) is 41.1 Å². The zero-order valence-corrected chi connectivity index (χ0v) is 19.5. The molecule has 4 aromatic rings. The minimum Gasteiger partial charge on any atom is -0.379 e. The molecule has 0 unspecified atom stereocenters. The van der Waals surface area contributed by atoms with Gasteiger partial charge in [-0.3, -0.25) is 4.79 Å². The number of carbonyl (C=O) groups excluding carboxylic acids is 1. The zero-order chi connectivity index (χ0) is 24.4. The van der Waals surface area contributed by atoms with Gasteiger partial charge < -0.3 is 10.1 Å². The van der Waals surface area contributed by atoms with Crippen LogP contribution in [-0.4, -0.2) is 54.7 Å². The highest BCUT2D eigenvalue weighted by Crippen LogP contribution is 2.22. The summed E-state index contributed by atoms with van der Waals surface area (Å²) >= 11 is 0. The molecule has 5 rings (SSSR count). The molecule has 0 saturated carbocycles. The first-order valence-corrected chi connectivity index (χ1v) is 12.6. The number of morpholine rings is 1. The van der Waals surface area contributed by atoms with E-state index in [1.165, 1.54) is 16.4 Å². The number of fused-ring (bicyclic) bond motifs is 1. The van der Waals surface area contributed by atoms with Crippen LogP contribution in [-0.2, 0) is 21.3 Å². The van der Waals surface area contributed by atoms with Gasteiger partial charge in [-0.2, -0.15) is 9.40 Å². The molecule has 1 amide bonds. The predicted molar refractivity (Wildman–Crippen MR) is 128 cm³/mol. The summed E-state index contributed by atoms with van der Waals surface area (Å²) < 4.78 is 47.1. The molecule has 1 saturated heterocycles. The van der Waals surface area contributed by atoms with E-state index in [0.29, 0.717) is 42.9 Å². The number of nitrogens with one attached hydrogen (secondary N) is 1. The molecule has 1 aliphatic rings. The molecular weight excluding hydrogens is 471 g/mol. The summed E-state index contributed by atoms with van der Waals surface area (Å²) in [4.78, 5) is 13.2.